The maximum atomic E-state index is 13.2. The molecule has 1 N–H and O–H groups in total. The second-order valence-electron chi connectivity index (χ2n) is 7.12. The van der Waals surface area contributed by atoms with Gasteiger partial charge < -0.3 is 10.1 Å². The standard InChI is InChI=1S/C22H23ClN4O3S/c23-16-5-7-17(8-6-16)27-21(29)18-3-1-2-4-19(18)25-22(27)31-15-20(28)24-9-10-26-11-13-30-14-12-26/h1-8H,9-15H2,(H,24,28). The summed E-state index contributed by atoms with van der Waals surface area (Å²) in [4.78, 5) is 32.5. The van der Waals surface area contributed by atoms with Crippen molar-refractivity contribution in [3.05, 3.63) is 63.9 Å². The Morgan fingerprint density at radius 2 is 1.87 bits per heavy atom. The van der Waals surface area contributed by atoms with Gasteiger partial charge >= 0.3 is 0 Å². The Labute approximate surface area is 189 Å². The number of nitrogens with zero attached hydrogens (tertiary/aromatic N) is 3. The highest BCUT2D eigenvalue weighted by atomic mass is 35.5. The second-order valence-corrected chi connectivity index (χ2v) is 8.50. The number of carbonyl (C=O) groups is 1. The summed E-state index contributed by atoms with van der Waals surface area (Å²) in [5.74, 6) is 0.0740. The van der Waals surface area contributed by atoms with Gasteiger partial charge in [-0.3, -0.25) is 19.1 Å². The lowest BCUT2D eigenvalue weighted by Crippen LogP contribution is -2.41. The Bertz CT molecular complexity index is 1110. The molecule has 1 aliphatic heterocycles. The number of thioether (sulfide) groups is 1. The molecule has 1 aliphatic rings. The van der Waals surface area contributed by atoms with Crippen LogP contribution in [0.1, 0.15) is 0 Å². The van der Waals surface area contributed by atoms with E-state index >= 15 is 0 Å². The Hall–Kier alpha value is -2.39. The summed E-state index contributed by atoms with van der Waals surface area (Å²) in [6.07, 6.45) is 0. The largest absolute Gasteiger partial charge is 0.379 e. The summed E-state index contributed by atoms with van der Waals surface area (Å²) in [6, 6.07) is 14.2. The fraction of sp³-hybridized carbons (Fsp3) is 0.318. The van der Waals surface area contributed by atoms with Crippen molar-refractivity contribution in [2.75, 3.05) is 45.1 Å². The number of halogens is 1. The maximum Gasteiger partial charge on any atom is 0.266 e. The van der Waals surface area contributed by atoms with Gasteiger partial charge in [-0.15, -0.1) is 0 Å². The summed E-state index contributed by atoms with van der Waals surface area (Å²) in [7, 11) is 0. The molecule has 0 unspecified atom stereocenters. The number of hydrogen-bond donors (Lipinski definition) is 1. The first kappa shape index (κ1) is 21.8. The molecule has 31 heavy (non-hydrogen) atoms. The lowest BCUT2D eigenvalue weighted by Gasteiger charge is -2.26. The molecule has 2 aromatic carbocycles. The third-order valence-electron chi connectivity index (χ3n) is 5.02. The van der Waals surface area contributed by atoms with E-state index in [4.69, 9.17) is 16.3 Å². The van der Waals surface area contributed by atoms with E-state index in [9.17, 15) is 9.59 Å². The smallest absolute Gasteiger partial charge is 0.266 e. The van der Waals surface area contributed by atoms with Crippen molar-refractivity contribution >= 4 is 40.2 Å². The molecule has 1 amide bonds. The van der Waals surface area contributed by atoms with Crippen molar-refractivity contribution in [2.24, 2.45) is 0 Å². The van der Waals surface area contributed by atoms with E-state index in [1.165, 1.54) is 16.3 Å². The number of benzene rings is 2. The fourth-order valence-electron chi connectivity index (χ4n) is 3.39. The van der Waals surface area contributed by atoms with Crippen molar-refractivity contribution in [3.63, 3.8) is 0 Å². The molecule has 0 spiro atoms. The number of fused-ring (bicyclic) bond motifs is 1. The zero-order chi connectivity index (χ0) is 21.6. The molecule has 7 nitrogen and oxygen atoms in total. The van der Waals surface area contributed by atoms with Crippen molar-refractivity contribution in [1.82, 2.24) is 19.8 Å². The van der Waals surface area contributed by atoms with Crippen LogP contribution in [-0.2, 0) is 9.53 Å². The van der Waals surface area contributed by atoms with Crippen LogP contribution < -0.4 is 10.9 Å². The van der Waals surface area contributed by atoms with Crippen LogP contribution in [0.3, 0.4) is 0 Å². The topological polar surface area (TPSA) is 76.5 Å². The van der Waals surface area contributed by atoms with Crippen LogP contribution in [0.15, 0.2) is 58.5 Å². The monoisotopic (exact) mass is 458 g/mol. The third kappa shape index (κ3) is 5.46. The Morgan fingerprint density at radius 3 is 2.65 bits per heavy atom. The number of nitrogens with one attached hydrogen (secondary N) is 1. The van der Waals surface area contributed by atoms with Gasteiger partial charge in [-0.1, -0.05) is 35.5 Å². The van der Waals surface area contributed by atoms with Crippen LogP contribution in [0.5, 0.6) is 0 Å². The van der Waals surface area contributed by atoms with Crippen molar-refractivity contribution < 1.29 is 9.53 Å². The molecule has 3 aromatic rings. The Kier molecular flexibility index (Phi) is 7.24. The summed E-state index contributed by atoms with van der Waals surface area (Å²) in [5, 5.41) is 4.52. The van der Waals surface area contributed by atoms with Gasteiger partial charge in [-0.25, -0.2) is 4.98 Å². The SMILES string of the molecule is O=C(CSc1nc2ccccc2c(=O)n1-c1ccc(Cl)cc1)NCCN1CCOCC1. The average Bonchev–Trinajstić information content (AvgIpc) is 2.79. The molecule has 4 rings (SSSR count). The molecule has 9 heteroatoms. The highest BCUT2D eigenvalue weighted by Gasteiger charge is 2.15. The fourth-order valence-corrected chi connectivity index (χ4v) is 4.35. The first-order valence-electron chi connectivity index (χ1n) is 10.1. The van der Waals surface area contributed by atoms with Crippen LogP contribution >= 0.6 is 23.4 Å². The van der Waals surface area contributed by atoms with Gasteiger partial charge in [0.2, 0.25) is 5.91 Å². The number of ether oxygens (including phenoxy) is 1. The molecule has 0 atom stereocenters. The Balaban J connectivity index is 1.49. The molecule has 2 heterocycles. The predicted octanol–water partition coefficient (Wildman–Crippen LogP) is 2.58. The van der Waals surface area contributed by atoms with Crippen LogP contribution in [0, 0.1) is 0 Å². The van der Waals surface area contributed by atoms with Gasteiger partial charge in [0.25, 0.3) is 5.56 Å². The van der Waals surface area contributed by atoms with Gasteiger partial charge in [0.05, 0.1) is 35.6 Å². The number of rotatable bonds is 7. The minimum atomic E-state index is -0.178. The van der Waals surface area contributed by atoms with Crippen LogP contribution in [0.4, 0.5) is 0 Å². The molecular weight excluding hydrogens is 436 g/mol. The molecule has 1 saturated heterocycles. The van der Waals surface area contributed by atoms with Gasteiger partial charge in [-0.2, -0.15) is 0 Å². The van der Waals surface area contributed by atoms with Crippen molar-refractivity contribution in [2.45, 2.75) is 5.16 Å². The molecule has 0 bridgehead atoms. The quantitative estimate of drug-likeness (QED) is 0.433. The van der Waals surface area contributed by atoms with Gasteiger partial charge in [0, 0.05) is 31.2 Å². The molecule has 0 saturated carbocycles. The first-order chi connectivity index (χ1) is 15.1. The van der Waals surface area contributed by atoms with E-state index < -0.39 is 0 Å². The number of carbonyl (C=O) groups excluding carboxylic acids is 1. The number of aromatic nitrogens is 2. The lowest BCUT2D eigenvalue weighted by molar-refractivity contribution is -0.118. The van der Waals surface area contributed by atoms with E-state index in [1.807, 2.05) is 12.1 Å². The maximum absolute atomic E-state index is 13.2. The first-order valence-corrected chi connectivity index (χ1v) is 11.5. The summed E-state index contributed by atoms with van der Waals surface area (Å²) >= 11 is 7.25. The molecule has 1 aromatic heterocycles. The second kappa shape index (κ2) is 10.3. The highest BCUT2D eigenvalue weighted by molar-refractivity contribution is 7.99. The van der Waals surface area contributed by atoms with Crippen LogP contribution in [0.25, 0.3) is 16.6 Å². The molecule has 0 aliphatic carbocycles. The highest BCUT2D eigenvalue weighted by Crippen LogP contribution is 2.22. The van der Waals surface area contributed by atoms with Crippen molar-refractivity contribution in [1.29, 1.82) is 0 Å². The number of para-hydroxylation sites is 1. The minimum Gasteiger partial charge on any atom is -0.379 e. The zero-order valence-corrected chi connectivity index (χ0v) is 18.5. The van der Waals surface area contributed by atoms with E-state index in [-0.39, 0.29) is 17.2 Å². The van der Waals surface area contributed by atoms with Gasteiger partial charge in [0.15, 0.2) is 5.16 Å². The van der Waals surface area contributed by atoms with Crippen molar-refractivity contribution in [3.8, 4) is 5.69 Å². The predicted molar refractivity (Wildman–Crippen MR) is 123 cm³/mol. The van der Waals surface area contributed by atoms with E-state index in [2.05, 4.69) is 15.2 Å². The third-order valence-corrected chi connectivity index (χ3v) is 6.21. The van der Waals surface area contributed by atoms with Crippen LogP contribution in [-0.4, -0.2) is 65.5 Å². The zero-order valence-electron chi connectivity index (χ0n) is 16.9. The van der Waals surface area contributed by atoms with Gasteiger partial charge in [0.1, 0.15) is 0 Å². The van der Waals surface area contributed by atoms with E-state index in [1.54, 1.807) is 36.4 Å². The van der Waals surface area contributed by atoms with E-state index in [0.717, 1.165) is 32.8 Å². The molecule has 0 radical (unpaired) electrons. The summed E-state index contributed by atoms with van der Waals surface area (Å²) in [6.45, 7) is 4.62. The Morgan fingerprint density at radius 1 is 1.13 bits per heavy atom. The number of hydrogen-bond acceptors (Lipinski definition) is 6. The minimum absolute atomic E-state index is 0.0941. The molecule has 162 valence electrons. The normalized spacial score (nSPS) is 14.6. The van der Waals surface area contributed by atoms with Crippen LogP contribution in [0.2, 0.25) is 5.02 Å². The number of amides is 1. The number of morpholine rings is 1. The molecular formula is C22H23ClN4O3S. The summed E-state index contributed by atoms with van der Waals surface area (Å²) < 4.78 is 6.87. The molecule has 1 fully saturated rings. The average molecular weight is 459 g/mol. The van der Waals surface area contributed by atoms with Gasteiger partial charge in [-0.05, 0) is 36.4 Å². The lowest BCUT2D eigenvalue weighted by atomic mass is 10.2. The summed E-state index contributed by atoms with van der Waals surface area (Å²) in [5.41, 5.74) is 1.08. The van der Waals surface area contributed by atoms with E-state index in [0.29, 0.717) is 33.3 Å².